The average Bonchev–Trinajstić information content (AvgIpc) is 3.33. The summed E-state index contributed by atoms with van der Waals surface area (Å²) < 4.78 is 11.2. The lowest BCUT2D eigenvalue weighted by Gasteiger charge is -2.22. The SMILES string of the molecule is C[C@]1(c2cccc(Br)c2)NC(=O)N(Cc2nc(-c3ccco3)no2)C1=O. The predicted molar refractivity (Wildman–Crippen MR) is 92.6 cm³/mol. The molecule has 1 aliphatic heterocycles. The number of rotatable bonds is 4. The molecule has 4 rings (SSSR count). The third-order valence-corrected chi connectivity index (χ3v) is 4.67. The smallest absolute Gasteiger partial charge is 0.325 e. The number of furan rings is 1. The van der Waals surface area contributed by atoms with Gasteiger partial charge in [0.05, 0.1) is 6.26 Å². The summed E-state index contributed by atoms with van der Waals surface area (Å²) in [5.74, 6) is 0.444. The van der Waals surface area contributed by atoms with Crippen molar-refractivity contribution in [2.24, 2.45) is 0 Å². The van der Waals surface area contributed by atoms with Gasteiger partial charge in [-0.2, -0.15) is 4.98 Å². The molecule has 0 radical (unpaired) electrons. The summed E-state index contributed by atoms with van der Waals surface area (Å²) in [5, 5.41) is 6.54. The summed E-state index contributed by atoms with van der Waals surface area (Å²) in [7, 11) is 0. The van der Waals surface area contributed by atoms with E-state index in [4.69, 9.17) is 8.94 Å². The van der Waals surface area contributed by atoms with Crippen LogP contribution < -0.4 is 5.32 Å². The zero-order chi connectivity index (χ0) is 18.3. The molecule has 1 aliphatic rings. The number of hydrogen-bond acceptors (Lipinski definition) is 6. The number of imide groups is 1. The lowest BCUT2D eigenvalue weighted by Crippen LogP contribution is -2.40. The first-order chi connectivity index (χ1) is 12.5. The van der Waals surface area contributed by atoms with E-state index in [-0.39, 0.29) is 18.3 Å². The molecule has 0 aliphatic carbocycles. The van der Waals surface area contributed by atoms with Gasteiger partial charge >= 0.3 is 6.03 Å². The van der Waals surface area contributed by atoms with Crippen molar-refractivity contribution in [3.8, 4) is 11.6 Å². The zero-order valence-electron chi connectivity index (χ0n) is 13.6. The number of hydrogen-bond donors (Lipinski definition) is 1. The molecule has 1 atom stereocenters. The second-order valence-electron chi connectivity index (χ2n) is 5.95. The fourth-order valence-corrected chi connectivity index (χ4v) is 3.20. The summed E-state index contributed by atoms with van der Waals surface area (Å²) in [6.45, 7) is 1.54. The van der Waals surface area contributed by atoms with E-state index in [1.54, 1.807) is 37.3 Å². The number of amides is 3. The third-order valence-electron chi connectivity index (χ3n) is 4.18. The van der Waals surface area contributed by atoms with Crippen LogP contribution in [-0.4, -0.2) is 27.0 Å². The highest BCUT2D eigenvalue weighted by Crippen LogP contribution is 2.31. The highest BCUT2D eigenvalue weighted by molar-refractivity contribution is 9.10. The van der Waals surface area contributed by atoms with Crippen LogP contribution in [0.3, 0.4) is 0 Å². The van der Waals surface area contributed by atoms with Gasteiger partial charge in [0.1, 0.15) is 12.1 Å². The third kappa shape index (κ3) is 2.70. The molecule has 1 aromatic carbocycles. The van der Waals surface area contributed by atoms with Crippen LogP contribution in [0.2, 0.25) is 0 Å². The molecule has 132 valence electrons. The first kappa shape index (κ1) is 16.5. The maximum atomic E-state index is 12.9. The molecule has 0 unspecified atom stereocenters. The number of nitrogens with one attached hydrogen (secondary N) is 1. The van der Waals surface area contributed by atoms with E-state index in [0.29, 0.717) is 11.3 Å². The second-order valence-corrected chi connectivity index (χ2v) is 6.86. The Kier molecular flexibility index (Phi) is 3.87. The molecular formula is C17H13BrN4O4. The Balaban J connectivity index is 1.58. The van der Waals surface area contributed by atoms with E-state index in [2.05, 4.69) is 31.4 Å². The lowest BCUT2D eigenvalue weighted by atomic mass is 9.92. The second kappa shape index (κ2) is 6.10. The number of carbonyl (C=O) groups is 2. The van der Waals surface area contributed by atoms with Gasteiger partial charge < -0.3 is 14.3 Å². The number of carbonyl (C=O) groups excluding carboxylic acids is 2. The summed E-state index contributed by atoms with van der Waals surface area (Å²) >= 11 is 3.38. The van der Waals surface area contributed by atoms with E-state index >= 15 is 0 Å². The van der Waals surface area contributed by atoms with Gasteiger partial charge in [-0.15, -0.1) is 0 Å². The van der Waals surface area contributed by atoms with Gasteiger partial charge in [0.25, 0.3) is 5.91 Å². The molecule has 9 heteroatoms. The Morgan fingerprint density at radius 1 is 1.27 bits per heavy atom. The topological polar surface area (TPSA) is 101 Å². The van der Waals surface area contributed by atoms with Crippen LogP contribution in [0.5, 0.6) is 0 Å². The Morgan fingerprint density at radius 3 is 2.85 bits per heavy atom. The molecule has 1 saturated heterocycles. The molecule has 3 aromatic rings. The molecule has 8 nitrogen and oxygen atoms in total. The number of aromatic nitrogens is 2. The standard InChI is InChI=1S/C17H13BrN4O4/c1-17(10-4-2-5-11(18)8-10)15(23)22(16(24)20-17)9-13-19-14(21-26-13)12-6-3-7-25-12/h2-8H,9H2,1H3,(H,20,24)/t17-/m1/s1. The summed E-state index contributed by atoms with van der Waals surface area (Å²) in [6, 6.07) is 10.1. The summed E-state index contributed by atoms with van der Waals surface area (Å²) in [4.78, 5) is 30.5. The van der Waals surface area contributed by atoms with E-state index in [0.717, 1.165) is 9.37 Å². The zero-order valence-corrected chi connectivity index (χ0v) is 15.2. The number of benzene rings is 1. The van der Waals surface area contributed by atoms with Crippen molar-refractivity contribution >= 4 is 27.9 Å². The minimum absolute atomic E-state index is 0.123. The Bertz CT molecular complexity index is 984. The van der Waals surface area contributed by atoms with Crippen LogP contribution in [0, 0.1) is 0 Å². The maximum absolute atomic E-state index is 12.9. The molecular weight excluding hydrogens is 404 g/mol. The van der Waals surface area contributed by atoms with Crippen molar-refractivity contribution in [3.63, 3.8) is 0 Å². The van der Waals surface area contributed by atoms with Gasteiger partial charge in [0.2, 0.25) is 11.7 Å². The fourth-order valence-electron chi connectivity index (χ4n) is 2.80. The molecule has 2 aromatic heterocycles. The van der Waals surface area contributed by atoms with Crippen molar-refractivity contribution in [1.29, 1.82) is 0 Å². The van der Waals surface area contributed by atoms with E-state index in [1.165, 1.54) is 6.26 Å². The maximum Gasteiger partial charge on any atom is 0.325 e. The van der Waals surface area contributed by atoms with Crippen molar-refractivity contribution < 1.29 is 18.5 Å². The molecule has 0 spiro atoms. The van der Waals surface area contributed by atoms with Crippen LogP contribution in [-0.2, 0) is 16.9 Å². The Hall–Kier alpha value is -2.94. The Labute approximate surface area is 156 Å². The summed E-state index contributed by atoms with van der Waals surface area (Å²) in [5.41, 5.74) is -0.486. The van der Waals surface area contributed by atoms with Crippen LogP contribution >= 0.6 is 15.9 Å². The van der Waals surface area contributed by atoms with E-state index in [1.807, 2.05) is 6.07 Å². The molecule has 3 heterocycles. The van der Waals surface area contributed by atoms with Crippen molar-refractivity contribution in [3.05, 3.63) is 58.6 Å². The molecule has 1 N–H and O–H groups in total. The van der Waals surface area contributed by atoms with Gasteiger partial charge in [-0.05, 0) is 36.8 Å². The van der Waals surface area contributed by atoms with Gasteiger partial charge in [0.15, 0.2) is 5.76 Å². The largest absolute Gasteiger partial charge is 0.461 e. The van der Waals surface area contributed by atoms with Crippen molar-refractivity contribution in [1.82, 2.24) is 20.4 Å². The van der Waals surface area contributed by atoms with E-state index < -0.39 is 17.5 Å². The van der Waals surface area contributed by atoms with Crippen LogP contribution in [0.15, 0.2) is 56.1 Å². The van der Waals surface area contributed by atoms with Gasteiger partial charge in [0, 0.05) is 4.47 Å². The minimum atomic E-state index is -1.16. The number of halogens is 1. The highest BCUT2D eigenvalue weighted by atomic mass is 79.9. The normalized spacial score (nSPS) is 19.8. The average molecular weight is 417 g/mol. The first-order valence-corrected chi connectivity index (χ1v) is 8.53. The van der Waals surface area contributed by atoms with Gasteiger partial charge in [-0.3, -0.25) is 9.69 Å². The number of urea groups is 1. The lowest BCUT2D eigenvalue weighted by molar-refractivity contribution is -0.131. The van der Waals surface area contributed by atoms with Gasteiger partial charge in [-0.1, -0.05) is 33.2 Å². The fraction of sp³-hybridized carbons (Fsp3) is 0.176. The summed E-state index contributed by atoms with van der Waals surface area (Å²) in [6.07, 6.45) is 1.49. The molecule has 3 amide bonds. The van der Waals surface area contributed by atoms with Crippen molar-refractivity contribution in [2.75, 3.05) is 0 Å². The minimum Gasteiger partial charge on any atom is -0.461 e. The monoisotopic (exact) mass is 416 g/mol. The first-order valence-electron chi connectivity index (χ1n) is 7.74. The predicted octanol–water partition coefficient (Wildman–Crippen LogP) is 3.06. The highest BCUT2D eigenvalue weighted by Gasteiger charge is 2.49. The van der Waals surface area contributed by atoms with Crippen molar-refractivity contribution in [2.45, 2.75) is 19.0 Å². The van der Waals surface area contributed by atoms with Crippen LogP contribution in [0.4, 0.5) is 4.79 Å². The number of nitrogens with zero attached hydrogens (tertiary/aromatic N) is 3. The van der Waals surface area contributed by atoms with Crippen LogP contribution in [0.25, 0.3) is 11.6 Å². The Morgan fingerprint density at radius 2 is 2.12 bits per heavy atom. The quantitative estimate of drug-likeness (QED) is 0.655. The molecule has 26 heavy (non-hydrogen) atoms. The van der Waals surface area contributed by atoms with E-state index in [9.17, 15) is 9.59 Å². The molecule has 1 fully saturated rings. The van der Waals surface area contributed by atoms with Gasteiger partial charge in [-0.25, -0.2) is 4.79 Å². The molecule has 0 saturated carbocycles. The molecule has 0 bridgehead atoms. The van der Waals surface area contributed by atoms with Crippen LogP contribution in [0.1, 0.15) is 18.4 Å².